The fourth-order valence-electron chi connectivity index (χ4n) is 4.47. The van der Waals surface area contributed by atoms with Gasteiger partial charge in [0.05, 0.1) is 14.2 Å². The number of amides is 3. The van der Waals surface area contributed by atoms with Crippen LogP contribution in [0, 0.1) is 0 Å². The molecule has 0 heterocycles. The maximum atomic E-state index is 14.1. The summed E-state index contributed by atoms with van der Waals surface area (Å²) in [4.78, 5) is 53.1. The van der Waals surface area contributed by atoms with Gasteiger partial charge in [-0.1, -0.05) is 36.4 Å². The second-order valence-electron chi connectivity index (χ2n) is 11.7. The Bertz CT molecular complexity index is 1280. The Morgan fingerprint density at radius 1 is 0.957 bits per heavy atom. The van der Waals surface area contributed by atoms with Crippen LogP contribution < -0.4 is 20.1 Å². The number of hydrogen-bond donors (Lipinski definition) is 2. The molecule has 2 rings (SSSR count). The summed E-state index contributed by atoms with van der Waals surface area (Å²) >= 11 is 0. The molecular formula is C35H49N3O8. The summed E-state index contributed by atoms with van der Waals surface area (Å²) in [5.74, 6) is 0.758. The molecule has 3 amide bonds. The summed E-state index contributed by atoms with van der Waals surface area (Å²) < 4.78 is 21.6. The lowest BCUT2D eigenvalue weighted by Gasteiger charge is -2.29. The molecule has 0 saturated heterocycles. The summed E-state index contributed by atoms with van der Waals surface area (Å²) in [6.45, 7) is 9.66. The van der Waals surface area contributed by atoms with Crippen LogP contribution in [0.15, 0.2) is 61.2 Å². The Morgan fingerprint density at radius 3 is 2.35 bits per heavy atom. The van der Waals surface area contributed by atoms with E-state index in [-0.39, 0.29) is 44.2 Å². The molecule has 0 aromatic heterocycles. The van der Waals surface area contributed by atoms with Gasteiger partial charge in [-0.2, -0.15) is 0 Å². The van der Waals surface area contributed by atoms with Crippen molar-refractivity contribution in [2.24, 2.45) is 0 Å². The minimum atomic E-state index is -0.938. The number of ether oxygens (including phenoxy) is 4. The average molecular weight is 640 g/mol. The Hall–Kier alpha value is -4.54. The Kier molecular flexibility index (Phi) is 16.2. The van der Waals surface area contributed by atoms with Gasteiger partial charge in [0.15, 0.2) is 0 Å². The van der Waals surface area contributed by atoms with E-state index >= 15 is 0 Å². The van der Waals surface area contributed by atoms with Crippen LogP contribution in [0.1, 0.15) is 70.4 Å². The summed E-state index contributed by atoms with van der Waals surface area (Å²) in [5.41, 5.74) is 0.825. The summed E-state index contributed by atoms with van der Waals surface area (Å²) in [6, 6.07) is 13.7. The van der Waals surface area contributed by atoms with E-state index in [1.54, 1.807) is 57.1 Å². The quantitative estimate of drug-likeness (QED) is 0.142. The molecule has 0 saturated carbocycles. The number of hydrogen-bond acceptors (Lipinski definition) is 8. The zero-order valence-corrected chi connectivity index (χ0v) is 27.8. The van der Waals surface area contributed by atoms with Gasteiger partial charge in [0, 0.05) is 44.1 Å². The Morgan fingerprint density at radius 2 is 1.70 bits per heavy atom. The number of carbonyl (C=O) groups is 4. The molecule has 2 N–H and O–H groups in total. The van der Waals surface area contributed by atoms with Gasteiger partial charge in [0.25, 0.3) is 0 Å². The summed E-state index contributed by atoms with van der Waals surface area (Å²) in [6.07, 6.45) is 2.76. The van der Waals surface area contributed by atoms with Gasteiger partial charge in [-0.05, 0) is 64.2 Å². The molecule has 0 aliphatic heterocycles. The molecule has 0 unspecified atom stereocenters. The van der Waals surface area contributed by atoms with Crippen LogP contribution in [0.2, 0.25) is 0 Å². The Labute approximate surface area is 272 Å². The molecule has 2 aromatic rings. The first-order valence-electron chi connectivity index (χ1n) is 15.5. The highest BCUT2D eigenvalue weighted by atomic mass is 16.6. The van der Waals surface area contributed by atoms with Crippen molar-refractivity contribution < 1.29 is 38.1 Å². The van der Waals surface area contributed by atoms with Crippen molar-refractivity contribution in [3.63, 3.8) is 0 Å². The molecule has 252 valence electrons. The zero-order valence-electron chi connectivity index (χ0n) is 27.8. The van der Waals surface area contributed by atoms with Crippen LogP contribution in [0.4, 0.5) is 9.59 Å². The number of rotatable bonds is 19. The number of allylic oxidation sites excluding steroid dienone is 1. The SMILES string of the molecule is C=CCCC(=O)CCN(Cc1ccc(OC)cc1OC)C(=O)[C@H](CCCCNC(=O)OCc1ccccc1)NC(=O)OC(C)(C)C. The second-order valence-corrected chi connectivity index (χ2v) is 11.7. The first-order chi connectivity index (χ1) is 21.9. The number of alkyl carbamates (subject to hydrolysis) is 2. The van der Waals surface area contributed by atoms with E-state index in [2.05, 4.69) is 17.2 Å². The van der Waals surface area contributed by atoms with E-state index in [4.69, 9.17) is 18.9 Å². The fourth-order valence-corrected chi connectivity index (χ4v) is 4.47. The molecule has 46 heavy (non-hydrogen) atoms. The highest BCUT2D eigenvalue weighted by Crippen LogP contribution is 2.26. The highest BCUT2D eigenvalue weighted by molar-refractivity contribution is 5.86. The lowest BCUT2D eigenvalue weighted by molar-refractivity contribution is -0.134. The van der Waals surface area contributed by atoms with E-state index in [0.29, 0.717) is 49.3 Å². The number of unbranched alkanes of at least 4 members (excludes halogenated alkanes) is 1. The number of benzene rings is 2. The van der Waals surface area contributed by atoms with Crippen LogP contribution in [0.3, 0.4) is 0 Å². The maximum Gasteiger partial charge on any atom is 0.408 e. The van der Waals surface area contributed by atoms with E-state index in [1.807, 2.05) is 30.3 Å². The summed E-state index contributed by atoms with van der Waals surface area (Å²) in [7, 11) is 3.08. The number of nitrogens with zero attached hydrogens (tertiary/aromatic N) is 1. The van der Waals surface area contributed by atoms with Crippen molar-refractivity contribution in [1.29, 1.82) is 0 Å². The molecule has 11 heteroatoms. The van der Waals surface area contributed by atoms with Gasteiger partial charge in [0.1, 0.15) is 35.5 Å². The third kappa shape index (κ3) is 14.5. The molecule has 0 spiro atoms. The number of Topliss-reactive ketones (excluding diaryl/α,β-unsaturated/α-hetero) is 1. The normalized spacial score (nSPS) is 11.5. The maximum absolute atomic E-state index is 14.1. The topological polar surface area (TPSA) is 132 Å². The number of methoxy groups -OCH3 is 2. The van der Waals surface area contributed by atoms with Crippen molar-refractivity contribution in [1.82, 2.24) is 15.5 Å². The van der Waals surface area contributed by atoms with Crippen molar-refractivity contribution in [2.75, 3.05) is 27.3 Å². The van der Waals surface area contributed by atoms with E-state index < -0.39 is 23.8 Å². The minimum Gasteiger partial charge on any atom is -0.497 e. The first-order valence-corrected chi connectivity index (χ1v) is 15.5. The lowest BCUT2D eigenvalue weighted by Crippen LogP contribution is -2.50. The lowest BCUT2D eigenvalue weighted by atomic mass is 10.1. The molecule has 2 aromatic carbocycles. The third-order valence-electron chi connectivity index (χ3n) is 6.85. The molecule has 0 radical (unpaired) electrons. The van der Waals surface area contributed by atoms with Crippen LogP contribution in [0.5, 0.6) is 11.5 Å². The average Bonchev–Trinajstić information content (AvgIpc) is 3.03. The van der Waals surface area contributed by atoms with Gasteiger partial charge < -0.3 is 34.5 Å². The fraction of sp³-hybridized carbons (Fsp3) is 0.486. The molecule has 11 nitrogen and oxygen atoms in total. The van der Waals surface area contributed by atoms with Crippen molar-refractivity contribution in [2.45, 2.75) is 84.1 Å². The van der Waals surface area contributed by atoms with E-state index in [1.165, 1.54) is 7.11 Å². The number of carbonyl (C=O) groups excluding carboxylic acids is 4. The summed E-state index contributed by atoms with van der Waals surface area (Å²) in [5, 5.41) is 5.45. The predicted octanol–water partition coefficient (Wildman–Crippen LogP) is 5.95. The van der Waals surface area contributed by atoms with Crippen LogP contribution >= 0.6 is 0 Å². The predicted molar refractivity (Wildman–Crippen MR) is 176 cm³/mol. The standard InChI is InChI=1S/C35H49N3O8/c1-7-8-16-28(39)20-22-38(24-27-18-19-29(43-5)23-31(27)44-6)32(40)30(37-34(42)46-35(2,3)4)17-12-13-21-36-33(41)45-25-26-14-10-9-11-15-26/h7,9-11,14-15,18-19,23,30H,1,8,12-13,16-17,20-22,24-25H2,2-6H3,(H,36,41)(H,37,42)/t30-/m0/s1. The first kappa shape index (κ1) is 37.6. The van der Waals surface area contributed by atoms with Gasteiger partial charge >= 0.3 is 12.2 Å². The Balaban J connectivity index is 2.14. The van der Waals surface area contributed by atoms with Gasteiger partial charge in [0.2, 0.25) is 5.91 Å². The highest BCUT2D eigenvalue weighted by Gasteiger charge is 2.29. The van der Waals surface area contributed by atoms with E-state index in [0.717, 1.165) is 5.56 Å². The second kappa shape index (κ2) is 19.8. The number of ketones is 1. The molecule has 0 fully saturated rings. The smallest absolute Gasteiger partial charge is 0.408 e. The molecule has 0 bridgehead atoms. The van der Waals surface area contributed by atoms with E-state index in [9.17, 15) is 19.2 Å². The minimum absolute atomic E-state index is 0.00118. The molecule has 1 atom stereocenters. The monoisotopic (exact) mass is 639 g/mol. The van der Waals surface area contributed by atoms with Crippen molar-refractivity contribution >= 4 is 23.9 Å². The van der Waals surface area contributed by atoms with Crippen LogP contribution in [0.25, 0.3) is 0 Å². The van der Waals surface area contributed by atoms with Crippen molar-refractivity contribution in [3.8, 4) is 11.5 Å². The third-order valence-corrected chi connectivity index (χ3v) is 6.85. The van der Waals surface area contributed by atoms with Crippen LogP contribution in [-0.2, 0) is 32.2 Å². The molecule has 0 aliphatic rings. The largest absolute Gasteiger partial charge is 0.497 e. The molecular weight excluding hydrogens is 590 g/mol. The molecule has 0 aliphatic carbocycles. The van der Waals surface area contributed by atoms with Crippen molar-refractivity contribution in [3.05, 3.63) is 72.3 Å². The zero-order chi connectivity index (χ0) is 34.0. The number of nitrogens with one attached hydrogen (secondary N) is 2. The van der Waals surface area contributed by atoms with Gasteiger partial charge in [-0.15, -0.1) is 6.58 Å². The van der Waals surface area contributed by atoms with Gasteiger partial charge in [-0.3, -0.25) is 9.59 Å². The van der Waals surface area contributed by atoms with Crippen LogP contribution in [-0.4, -0.2) is 67.7 Å². The van der Waals surface area contributed by atoms with Gasteiger partial charge in [-0.25, -0.2) is 9.59 Å².